The summed E-state index contributed by atoms with van der Waals surface area (Å²) in [4.78, 5) is 17.1. The molecule has 1 aliphatic heterocycles. The van der Waals surface area contributed by atoms with Gasteiger partial charge < -0.3 is 15.2 Å². The van der Waals surface area contributed by atoms with E-state index in [-0.39, 0.29) is 11.9 Å². The molecule has 19 heavy (non-hydrogen) atoms. The number of carbonyl (C=O) groups is 1. The molecule has 1 aromatic heterocycles. The van der Waals surface area contributed by atoms with E-state index in [0.29, 0.717) is 6.01 Å². The number of primary amides is 1. The predicted molar refractivity (Wildman–Crippen MR) is 68.6 cm³/mol. The van der Waals surface area contributed by atoms with E-state index < -0.39 is 5.91 Å². The summed E-state index contributed by atoms with van der Waals surface area (Å²) < 4.78 is 5.13. The van der Waals surface area contributed by atoms with Gasteiger partial charge in [-0.3, -0.25) is 4.79 Å². The van der Waals surface area contributed by atoms with Crippen molar-refractivity contribution in [3.05, 3.63) is 41.7 Å². The quantitative estimate of drug-likeness (QED) is 0.901. The largest absolute Gasteiger partial charge is 0.363 e. The van der Waals surface area contributed by atoms with Gasteiger partial charge in [0.1, 0.15) is 0 Å². The lowest BCUT2D eigenvalue weighted by molar-refractivity contribution is 0.0987. The summed E-state index contributed by atoms with van der Waals surface area (Å²) in [5, 5.41) is 3.59. The molecule has 6 heteroatoms. The normalized spacial score (nSPS) is 18.7. The van der Waals surface area contributed by atoms with Gasteiger partial charge in [0.25, 0.3) is 11.7 Å². The first-order valence-corrected chi connectivity index (χ1v) is 6.21. The standard InChI is InChI=1S/C13H14N4O2/c14-11(18)12-15-13(19-16-12)17-8-4-7-10(17)9-5-2-1-3-6-9/h1-3,5-6,10H,4,7-8H2,(H2,14,18). The van der Waals surface area contributed by atoms with Crippen molar-refractivity contribution in [3.63, 3.8) is 0 Å². The average molecular weight is 258 g/mol. The van der Waals surface area contributed by atoms with E-state index in [9.17, 15) is 4.79 Å². The van der Waals surface area contributed by atoms with E-state index in [4.69, 9.17) is 10.3 Å². The number of amides is 1. The summed E-state index contributed by atoms with van der Waals surface area (Å²) in [6, 6.07) is 10.7. The van der Waals surface area contributed by atoms with Crippen molar-refractivity contribution in [3.8, 4) is 0 Å². The second-order valence-corrected chi connectivity index (χ2v) is 4.53. The van der Waals surface area contributed by atoms with Crippen LogP contribution >= 0.6 is 0 Å². The van der Waals surface area contributed by atoms with Crippen LogP contribution in [-0.4, -0.2) is 22.6 Å². The molecule has 0 spiro atoms. The van der Waals surface area contributed by atoms with Crippen molar-refractivity contribution < 1.29 is 9.32 Å². The molecule has 1 atom stereocenters. The van der Waals surface area contributed by atoms with Gasteiger partial charge in [-0.1, -0.05) is 30.3 Å². The lowest BCUT2D eigenvalue weighted by Crippen LogP contribution is -2.23. The van der Waals surface area contributed by atoms with E-state index in [1.54, 1.807) is 0 Å². The maximum atomic E-state index is 11.0. The van der Waals surface area contributed by atoms with Gasteiger partial charge in [-0.15, -0.1) is 0 Å². The summed E-state index contributed by atoms with van der Waals surface area (Å²) >= 11 is 0. The van der Waals surface area contributed by atoms with Crippen LogP contribution in [0.15, 0.2) is 34.9 Å². The molecule has 0 saturated carbocycles. The van der Waals surface area contributed by atoms with Crippen molar-refractivity contribution in [2.45, 2.75) is 18.9 Å². The van der Waals surface area contributed by atoms with Gasteiger partial charge in [0.15, 0.2) is 0 Å². The number of carbonyl (C=O) groups excluding carboxylic acids is 1. The number of hydrogen-bond donors (Lipinski definition) is 1. The Morgan fingerprint density at radius 2 is 2.16 bits per heavy atom. The molecule has 3 rings (SSSR count). The van der Waals surface area contributed by atoms with E-state index in [0.717, 1.165) is 19.4 Å². The third-order valence-corrected chi connectivity index (χ3v) is 3.32. The summed E-state index contributed by atoms with van der Waals surface area (Å²) in [5.41, 5.74) is 6.34. The first-order valence-electron chi connectivity index (χ1n) is 6.21. The molecule has 0 bridgehead atoms. The minimum Gasteiger partial charge on any atom is -0.363 e. The van der Waals surface area contributed by atoms with Crippen molar-refractivity contribution in [2.75, 3.05) is 11.4 Å². The molecule has 0 aliphatic carbocycles. The molecule has 2 aromatic rings. The van der Waals surface area contributed by atoms with Crippen LogP contribution in [0.2, 0.25) is 0 Å². The van der Waals surface area contributed by atoms with Gasteiger partial charge in [0, 0.05) is 6.54 Å². The van der Waals surface area contributed by atoms with Gasteiger partial charge in [-0.25, -0.2) is 0 Å². The summed E-state index contributed by atoms with van der Waals surface area (Å²) in [6.07, 6.45) is 2.08. The fraction of sp³-hybridized carbons (Fsp3) is 0.308. The second-order valence-electron chi connectivity index (χ2n) is 4.53. The number of hydrogen-bond acceptors (Lipinski definition) is 5. The van der Waals surface area contributed by atoms with Gasteiger partial charge in [0.2, 0.25) is 0 Å². The fourth-order valence-corrected chi connectivity index (χ4v) is 2.45. The summed E-state index contributed by atoms with van der Waals surface area (Å²) in [6.45, 7) is 0.833. The highest BCUT2D eigenvalue weighted by Crippen LogP contribution is 2.34. The number of benzene rings is 1. The van der Waals surface area contributed by atoms with E-state index in [2.05, 4.69) is 22.3 Å². The molecular formula is C13H14N4O2. The van der Waals surface area contributed by atoms with Gasteiger partial charge >= 0.3 is 6.01 Å². The second kappa shape index (κ2) is 4.72. The Hall–Kier alpha value is -2.37. The van der Waals surface area contributed by atoms with Crippen LogP contribution in [0, 0.1) is 0 Å². The Morgan fingerprint density at radius 3 is 2.84 bits per heavy atom. The molecule has 98 valence electrons. The lowest BCUT2D eigenvalue weighted by Gasteiger charge is -2.22. The highest BCUT2D eigenvalue weighted by atomic mass is 16.5. The zero-order valence-corrected chi connectivity index (χ0v) is 10.3. The monoisotopic (exact) mass is 258 g/mol. The first kappa shape index (κ1) is 11.7. The van der Waals surface area contributed by atoms with Gasteiger partial charge in [-0.05, 0) is 23.6 Å². The minimum absolute atomic E-state index is 0.0753. The molecule has 2 N–H and O–H groups in total. The third-order valence-electron chi connectivity index (χ3n) is 3.32. The zero-order chi connectivity index (χ0) is 13.2. The molecule has 1 unspecified atom stereocenters. The Labute approximate surface area is 110 Å². The molecule has 1 aromatic carbocycles. The maximum Gasteiger partial charge on any atom is 0.325 e. The molecule has 0 radical (unpaired) electrons. The van der Waals surface area contributed by atoms with Crippen molar-refractivity contribution >= 4 is 11.9 Å². The van der Waals surface area contributed by atoms with E-state index in [1.165, 1.54) is 5.56 Å². The molecule has 1 saturated heterocycles. The number of anilines is 1. The van der Waals surface area contributed by atoms with Crippen LogP contribution in [0.1, 0.15) is 35.1 Å². The molecular weight excluding hydrogens is 244 g/mol. The maximum absolute atomic E-state index is 11.0. The van der Waals surface area contributed by atoms with Crippen LogP contribution in [-0.2, 0) is 0 Å². The minimum atomic E-state index is -0.676. The molecule has 1 amide bonds. The Kier molecular flexibility index (Phi) is 2.91. The van der Waals surface area contributed by atoms with Crippen LogP contribution < -0.4 is 10.6 Å². The molecule has 6 nitrogen and oxygen atoms in total. The average Bonchev–Trinajstić information content (AvgIpc) is 3.08. The van der Waals surface area contributed by atoms with Crippen molar-refractivity contribution in [1.29, 1.82) is 0 Å². The topological polar surface area (TPSA) is 85.2 Å². The molecule has 2 heterocycles. The summed E-state index contributed by atoms with van der Waals surface area (Å²) in [7, 11) is 0. The SMILES string of the molecule is NC(=O)c1noc(N2CCCC2c2ccccc2)n1. The van der Waals surface area contributed by atoms with Gasteiger partial charge in [0.05, 0.1) is 6.04 Å². The lowest BCUT2D eigenvalue weighted by atomic mass is 10.1. The Bertz CT molecular complexity index is 581. The van der Waals surface area contributed by atoms with Crippen molar-refractivity contribution in [2.24, 2.45) is 5.73 Å². The number of nitrogens with two attached hydrogens (primary N) is 1. The van der Waals surface area contributed by atoms with E-state index in [1.807, 2.05) is 23.1 Å². The smallest absolute Gasteiger partial charge is 0.325 e. The van der Waals surface area contributed by atoms with Crippen LogP contribution in [0.5, 0.6) is 0 Å². The first-order chi connectivity index (χ1) is 9.25. The predicted octanol–water partition coefficient (Wildman–Crippen LogP) is 1.51. The van der Waals surface area contributed by atoms with E-state index >= 15 is 0 Å². The fourth-order valence-electron chi connectivity index (χ4n) is 2.45. The zero-order valence-electron chi connectivity index (χ0n) is 10.3. The number of aromatic nitrogens is 2. The molecule has 1 aliphatic rings. The van der Waals surface area contributed by atoms with Crippen LogP contribution in [0.3, 0.4) is 0 Å². The summed E-state index contributed by atoms with van der Waals surface area (Å²) in [5.74, 6) is -0.751. The Balaban J connectivity index is 1.88. The Morgan fingerprint density at radius 1 is 1.37 bits per heavy atom. The third kappa shape index (κ3) is 2.16. The van der Waals surface area contributed by atoms with Crippen molar-refractivity contribution in [1.82, 2.24) is 10.1 Å². The highest BCUT2D eigenvalue weighted by molar-refractivity contribution is 5.88. The molecule has 1 fully saturated rings. The van der Waals surface area contributed by atoms with Gasteiger partial charge in [-0.2, -0.15) is 4.98 Å². The number of nitrogens with zero attached hydrogens (tertiary/aromatic N) is 3. The van der Waals surface area contributed by atoms with Crippen LogP contribution in [0.4, 0.5) is 6.01 Å². The van der Waals surface area contributed by atoms with Crippen LogP contribution in [0.25, 0.3) is 0 Å². The highest BCUT2D eigenvalue weighted by Gasteiger charge is 2.30. The number of rotatable bonds is 3.